The lowest BCUT2D eigenvalue weighted by Crippen LogP contribution is -2.21. The second-order valence-corrected chi connectivity index (χ2v) is 7.55. The van der Waals surface area contributed by atoms with Gasteiger partial charge in [0.15, 0.2) is 6.61 Å². The number of halogens is 3. The number of hydrogen-bond donors (Lipinski definition) is 1. The number of aryl methyl sites for hydroxylation is 1. The lowest BCUT2D eigenvalue weighted by atomic mass is 10.2. The average molecular weight is 452 g/mol. The lowest BCUT2D eigenvalue weighted by molar-refractivity contribution is -0.119. The second kappa shape index (κ2) is 8.91. The first-order valence-corrected chi connectivity index (χ1v) is 9.77. The molecule has 150 valence electrons. The maximum atomic E-state index is 12.5. The van der Waals surface area contributed by atoms with Crippen LogP contribution in [0.5, 0.6) is 0 Å². The van der Waals surface area contributed by atoms with Crippen LogP contribution in [0.3, 0.4) is 0 Å². The van der Waals surface area contributed by atoms with E-state index in [1.165, 1.54) is 12.1 Å². The molecule has 0 aliphatic heterocycles. The standard InChI is InChI=1S/C21H17Cl3N2O3/c1-12-8-15(13(2)26(12)14-6-4-3-5-7-14)21(28)29-11-20(27)25-19-10-17(23)16(22)9-18(19)24/h3-10H,11H2,1-2H3,(H,25,27). The Bertz CT molecular complexity index is 1080. The van der Waals surface area contributed by atoms with Crippen LogP contribution < -0.4 is 5.32 Å². The van der Waals surface area contributed by atoms with Gasteiger partial charge in [-0.1, -0.05) is 53.0 Å². The van der Waals surface area contributed by atoms with Crippen LogP contribution >= 0.6 is 34.8 Å². The Labute approximate surface area is 183 Å². The first-order chi connectivity index (χ1) is 13.8. The molecule has 8 heteroatoms. The molecular formula is C21H17Cl3N2O3. The Balaban J connectivity index is 1.69. The maximum Gasteiger partial charge on any atom is 0.340 e. The summed E-state index contributed by atoms with van der Waals surface area (Å²) >= 11 is 17.8. The van der Waals surface area contributed by atoms with Crippen LogP contribution in [0.4, 0.5) is 5.69 Å². The Morgan fingerprint density at radius 2 is 1.62 bits per heavy atom. The fourth-order valence-electron chi connectivity index (χ4n) is 2.96. The van der Waals surface area contributed by atoms with Gasteiger partial charge in [0.25, 0.3) is 5.91 Å². The van der Waals surface area contributed by atoms with Crippen molar-refractivity contribution in [1.82, 2.24) is 4.57 Å². The first kappa shape index (κ1) is 21.2. The minimum atomic E-state index is -0.587. The van der Waals surface area contributed by atoms with Crippen molar-refractivity contribution >= 4 is 52.4 Å². The van der Waals surface area contributed by atoms with Gasteiger partial charge in [0.1, 0.15) is 0 Å². The summed E-state index contributed by atoms with van der Waals surface area (Å²) in [5.74, 6) is -1.13. The summed E-state index contributed by atoms with van der Waals surface area (Å²) in [6.07, 6.45) is 0. The summed E-state index contributed by atoms with van der Waals surface area (Å²) in [5.41, 5.74) is 3.23. The third-order valence-electron chi connectivity index (χ3n) is 4.28. The summed E-state index contributed by atoms with van der Waals surface area (Å²) in [6, 6.07) is 14.2. The molecule has 0 aliphatic rings. The zero-order valence-electron chi connectivity index (χ0n) is 15.6. The monoisotopic (exact) mass is 450 g/mol. The molecule has 3 aromatic rings. The third kappa shape index (κ3) is 4.75. The van der Waals surface area contributed by atoms with E-state index in [0.29, 0.717) is 5.56 Å². The highest BCUT2D eigenvalue weighted by atomic mass is 35.5. The van der Waals surface area contributed by atoms with Crippen molar-refractivity contribution < 1.29 is 14.3 Å². The van der Waals surface area contributed by atoms with Crippen molar-refractivity contribution in [2.24, 2.45) is 0 Å². The van der Waals surface area contributed by atoms with Crippen molar-refractivity contribution in [2.45, 2.75) is 13.8 Å². The minimum absolute atomic E-state index is 0.227. The smallest absolute Gasteiger partial charge is 0.340 e. The number of rotatable bonds is 5. The molecule has 5 nitrogen and oxygen atoms in total. The molecule has 1 aromatic heterocycles. The van der Waals surface area contributed by atoms with Crippen molar-refractivity contribution in [3.05, 3.63) is 80.6 Å². The molecule has 0 spiro atoms. The average Bonchev–Trinajstić information content (AvgIpc) is 2.99. The molecule has 0 radical (unpaired) electrons. The van der Waals surface area contributed by atoms with Crippen molar-refractivity contribution in [3.8, 4) is 5.69 Å². The van der Waals surface area contributed by atoms with Crippen LogP contribution in [0.25, 0.3) is 5.69 Å². The fourth-order valence-corrected chi connectivity index (χ4v) is 3.55. The van der Waals surface area contributed by atoms with Gasteiger partial charge in [0.2, 0.25) is 0 Å². The summed E-state index contributed by atoms with van der Waals surface area (Å²) in [4.78, 5) is 24.7. The molecule has 0 unspecified atom stereocenters. The van der Waals surface area contributed by atoms with E-state index in [-0.39, 0.29) is 20.8 Å². The van der Waals surface area contributed by atoms with Crippen LogP contribution in [-0.4, -0.2) is 23.1 Å². The number of carbonyl (C=O) groups is 2. The number of nitrogens with zero attached hydrogens (tertiary/aromatic N) is 1. The lowest BCUT2D eigenvalue weighted by Gasteiger charge is -2.10. The fraction of sp³-hybridized carbons (Fsp3) is 0.143. The Morgan fingerprint density at radius 1 is 0.966 bits per heavy atom. The Hall–Kier alpha value is -2.47. The number of para-hydroxylation sites is 1. The van der Waals surface area contributed by atoms with E-state index in [9.17, 15) is 9.59 Å². The largest absolute Gasteiger partial charge is 0.452 e. The van der Waals surface area contributed by atoms with Gasteiger partial charge >= 0.3 is 5.97 Å². The number of esters is 1. The van der Waals surface area contributed by atoms with Gasteiger partial charge in [-0.2, -0.15) is 0 Å². The molecule has 0 saturated heterocycles. The van der Waals surface area contributed by atoms with Crippen molar-refractivity contribution in [1.29, 1.82) is 0 Å². The number of carbonyl (C=O) groups excluding carboxylic acids is 2. The molecule has 0 bridgehead atoms. The van der Waals surface area contributed by atoms with Gasteiger partial charge in [0.05, 0.1) is 26.3 Å². The van der Waals surface area contributed by atoms with Gasteiger partial charge in [-0.3, -0.25) is 4.79 Å². The highest BCUT2D eigenvalue weighted by molar-refractivity contribution is 6.44. The molecule has 0 fully saturated rings. The molecule has 29 heavy (non-hydrogen) atoms. The van der Waals surface area contributed by atoms with E-state index >= 15 is 0 Å². The van der Waals surface area contributed by atoms with E-state index in [1.807, 2.05) is 48.7 Å². The van der Waals surface area contributed by atoms with Crippen molar-refractivity contribution in [2.75, 3.05) is 11.9 Å². The Kier molecular flexibility index (Phi) is 6.52. The highest BCUT2D eigenvalue weighted by Crippen LogP contribution is 2.32. The maximum absolute atomic E-state index is 12.5. The van der Waals surface area contributed by atoms with E-state index in [1.54, 1.807) is 6.07 Å². The number of aromatic nitrogens is 1. The van der Waals surface area contributed by atoms with E-state index in [0.717, 1.165) is 17.1 Å². The SMILES string of the molecule is Cc1cc(C(=O)OCC(=O)Nc2cc(Cl)c(Cl)cc2Cl)c(C)n1-c1ccccc1. The van der Waals surface area contributed by atoms with Crippen LogP contribution in [0.15, 0.2) is 48.5 Å². The molecule has 2 aromatic carbocycles. The molecule has 0 aliphatic carbocycles. The van der Waals surface area contributed by atoms with Gasteiger partial charge in [-0.05, 0) is 44.2 Å². The number of amides is 1. The Morgan fingerprint density at radius 3 is 2.31 bits per heavy atom. The third-order valence-corrected chi connectivity index (χ3v) is 5.32. The number of nitrogens with one attached hydrogen (secondary N) is 1. The van der Waals surface area contributed by atoms with Gasteiger partial charge in [-0.15, -0.1) is 0 Å². The molecule has 3 rings (SSSR count). The summed E-state index contributed by atoms with van der Waals surface area (Å²) < 4.78 is 7.13. The van der Waals surface area contributed by atoms with Crippen LogP contribution in [0, 0.1) is 13.8 Å². The molecule has 1 heterocycles. The van der Waals surface area contributed by atoms with E-state index in [4.69, 9.17) is 39.5 Å². The van der Waals surface area contributed by atoms with Gasteiger partial charge in [-0.25, -0.2) is 4.79 Å². The molecule has 0 saturated carbocycles. The summed E-state index contributed by atoms with van der Waals surface area (Å²) in [6.45, 7) is 3.26. The molecule has 1 amide bonds. The number of benzene rings is 2. The minimum Gasteiger partial charge on any atom is -0.452 e. The van der Waals surface area contributed by atoms with Crippen LogP contribution in [-0.2, 0) is 9.53 Å². The second-order valence-electron chi connectivity index (χ2n) is 6.33. The number of anilines is 1. The predicted molar refractivity (Wildman–Crippen MR) is 116 cm³/mol. The van der Waals surface area contributed by atoms with Gasteiger partial charge in [0, 0.05) is 17.1 Å². The highest BCUT2D eigenvalue weighted by Gasteiger charge is 2.19. The van der Waals surface area contributed by atoms with Crippen LogP contribution in [0.1, 0.15) is 21.7 Å². The van der Waals surface area contributed by atoms with Crippen molar-refractivity contribution in [3.63, 3.8) is 0 Å². The zero-order chi connectivity index (χ0) is 21.1. The van der Waals surface area contributed by atoms with E-state index < -0.39 is 18.5 Å². The first-order valence-electron chi connectivity index (χ1n) is 8.64. The van der Waals surface area contributed by atoms with Crippen LogP contribution in [0.2, 0.25) is 15.1 Å². The number of ether oxygens (including phenoxy) is 1. The predicted octanol–water partition coefficient (Wildman–Crippen LogP) is 5.85. The number of hydrogen-bond acceptors (Lipinski definition) is 3. The topological polar surface area (TPSA) is 60.3 Å². The van der Waals surface area contributed by atoms with E-state index in [2.05, 4.69) is 5.32 Å². The quantitative estimate of drug-likeness (QED) is 0.391. The summed E-state index contributed by atoms with van der Waals surface area (Å²) in [5, 5.41) is 3.29. The summed E-state index contributed by atoms with van der Waals surface area (Å²) in [7, 11) is 0. The molecular weight excluding hydrogens is 435 g/mol. The van der Waals surface area contributed by atoms with Gasteiger partial charge < -0.3 is 14.6 Å². The normalized spacial score (nSPS) is 10.7. The molecule has 1 N–H and O–H groups in total. The zero-order valence-corrected chi connectivity index (χ0v) is 17.9. The molecule has 0 atom stereocenters.